The molecule has 0 rings (SSSR count). The van der Waals surface area contributed by atoms with Gasteiger partial charge in [-0.05, 0) is 32.0 Å². The SMILES string of the molecule is CI.CN(C)CCCO.C[N+](C)(C)CCCI.C[N+](C)(C)CCCO.I.[I-].[I-]. The minimum absolute atomic E-state index is 0. The quantitative estimate of drug-likeness (QED) is 0.150. The lowest BCUT2D eigenvalue weighted by Crippen LogP contribution is -3.00. The van der Waals surface area contributed by atoms with Crippen LogP contribution in [0.2, 0.25) is 0 Å². The van der Waals surface area contributed by atoms with Gasteiger partial charge in [0.25, 0.3) is 0 Å². The predicted molar refractivity (Wildman–Crippen MR) is 147 cm³/mol. The van der Waals surface area contributed by atoms with Gasteiger partial charge in [-0.1, -0.05) is 45.2 Å². The average Bonchev–Trinajstić information content (AvgIpc) is 2.50. The zero-order valence-corrected chi connectivity index (χ0v) is 30.5. The molecule has 0 spiro atoms. The van der Waals surface area contributed by atoms with Crippen molar-refractivity contribution in [1.29, 1.82) is 0 Å². The number of quaternary nitrogens is 2. The first-order valence-electron chi connectivity index (χ1n) is 8.80. The van der Waals surface area contributed by atoms with Crippen LogP contribution in [0.15, 0.2) is 0 Å². The average molecular weight is 973 g/mol. The van der Waals surface area contributed by atoms with Gasteiger partial charge in [-0.2, -0.15) is 0 Å². The van der Waals surface area contributed by atoms with Crippen LogP contribution in [0.25, 0.3) is 0 Å². The van der Waals surface area contributed by atoms with E-state index in [1.165, 1.54) is 17.4 Å². The summed E-state index contributed by atoms with van der Waals surface area (Å²) in [6, 6.07) is 0. The molecule has 182 valence electrons. The van der Waals surface area contributed by atoms with Crippen LogP contribution in [-0.2, 0) is 0 Å². The lowest BCUT2D eigenvalue weighted by Gasteiger charge is -2.22. The largest absolute Gasteiger partial charge is 1.00 e. The summed E-state index contributed by atoms with van der Waals surface area (Å²) in [7, 11) is 17.0. The maximum Gasteiger partial charge on any atom is 0.0802 e. The van der Waals surface area contributed by atoms with Crippen LogP contribution in [0.5, 0.6) is 0 Å². The normalized spacial score (nSPS) is 9.64. The minimum Gasteiger partial charge on any atom is -1.00 e. The van der Waals surface area contributed by atoms with Gasteiger partial charge in [0.2, 0.25) is 0 Å². The summed E-state index contributed by atoms with van der Waals surface area (Å²) in [5.41, 5.74) is 0. The molecule has 0 heterocycles. The molecule has 0 fully saturated rings. The Morgan fingerprint density at radius 1 is 0.714 bits per heavy atom. The van der Waals surface area contributed by atoms with Gasteiger partial charge in [-0.3, -0.25) is 0 Å². The first-order chi connectivity index (χ1) is 11.4. The number of hydrogen-bond donors (Lipinski definition) is 2. The van der Waals surface area contributed by atoms with Gasteiger partial charge < -0.3 is 72.0 Å². The van der Waals surface area contributed by atoms with Crippen molar-refractivity contribution in [3.63, 3.8) is 0 Å². The van der Waals surface area contributed by atoms with Crippen LogP contribution in [0, 0.1) is 0 Å². The maximum atomic E-state index is 8.42. The Labute approximate surface area is 255 Å². The number of nitrogens with zero attached hydrogens (tertiary/aromatic N) is 3. The molecule has 0 aromatic carbocycles. The number of rotatable bonds is 9. The van der Waals surface area contributed by atoms with E-state index in [9.17, 15) is 0 Å². The summed E-state index contributed by atoms with van der Waals surface area (Å²) < 4.78 is 3.33. The van der Waals surface area contributed by atoms with Crippen LogP contribution < -0.4 is 48.0 Å². The monoisotopic (exact) mass is 973 g/mol. The number of aliphatic hydroxyl groups excluding tert-OH is 2. The molecule has 0 saturated heterocycles. The third-order valence-electron chi connectivity index (χ3n) is 2.71. The Kier molecular flexibility index (Phi) is 61.1. The molecule has 2 N–H and O–H groups in total. The topological polar surface area (TPSA) is 43.7 Å². The zero-order chi connectivity index (χ0) is 20.9. The van der Waals surface area contributed by atoms with Gasteiger partial charge in [0.15, 0.2) is 0 Å². The molecule has 0 bridgehead atoms. The smallest absolute Gasteiger partial charge is 0.0802 e. The van der Waals surface area contributed by atoms with Crippen molar-refractivity contribution in [2.75, 3.05) is 98.6 Å². The van der Waals surface area contributed by atoms with Crippen molar-refractivity contribution >= 4 is 69.2 Å². The van der Waals surface area contributed by atoms with E-state index in [-0.39, 0.29) is 71.9 Å². The molecule has 0 atom stereocenters. The van der Waals surface area contributed by atoms with Gasteiger partial charge in [-0.25, -0.2) is 0 Å². The lowest BCUT2D eigenvalue weighted by molar-refractivity contribution is -0.870. The second-order valence-electron chi connectivity index (χ2n) is 8.03. The van der Waals surface area contributed by atoms with Crippen LogP contribution in [0.3, 0.4) is 0 Å². The number of aliphatic hydroxyl groups is 2. The molecule has 0 aliphatic heterocycles. The first-order valence-corrected chi connectivity index (χ1v) is 12.5. The second-order valence-corrected chi connectivity index (χ2v) is 9.11. The molecule has 0 radical (unpaired) electrons. The van der Waals surface area contributed by atoms with Gasteiger partial charge in [-0.15, -0.1) is 24.0 Å². The molecule has 0 aliphatic carbocycles. The highest BCUT2D eigenvalue weighted by molar-refractivity contribution is 14.1. The summed E-state index contributed by atoms with van der Waals surface area (Å²) in [6.07, 6.45) is 3.13. The van der Waals surface area contributed by atoms with Crippen molar-refractivity contribution in [2.24, 2.45) is 0 Å². The van der Waals surface area contributed by atoms with E-state index < -0.39 is 0 Å². The molecule has 0 saturated carbocycles. The molecule has 0 aromatic heterocycles. The number of hydrogen-bond acceptors (Lipinski definition) is 3. The fourth-order valence-electron chi connectivity index (χ4n) is 1.47. The van der Waals surface area contributed by atoms with Crippen LogP contribution >= 0.6 is 69.2 Å². The molecule has 0 unspecified atom stereocenters. The highest BCUT2D eigenvalue weighted by atomic mass is 127. The van der Waals surface area contributed by atoms with Crippen LogP contribution in [0.1, 0.15) is 19.3 Å². The zero-order valence-electron chi connectivity index (χ0n) is 19.5. The molecule has 5 nitrogen and oxygen atoms in total. The summed E-state index contributed by atoms with van der Waals surface area (Å²) in [5, 5.41) is 16.7. The molecule has 10 heteroatoms. The molecular weight excluding hydrogens is 925 g/mol. The molecule has 28 heavy (non-hydrogen) atoms. The van der Waals surface area contributed by atoms with Gasteiger partial charge in [0.05, 0.1) is 55.4 Å². The Balaban J connectivity index is -0.0000000430. The van der Waals surface area contributed by atoms with Crippen molar-refractivity contribution in [3.05, 3.63) is 0 Å². The summed E-state index contributed by atoms with van der Waals surface area (Å²) in [5.74, 6) is 0. The van der Waals surface area contributed by atoms with Crippen LogP contribution in [0.4, 0.5) is 0 Å². The van der Waals surface area contributed by atoms with E-state index in [0.29, 0.717) is 13.2 Å². The van der Waals surface area contributed by atoms with E-state index in [2.05, 4.69) is 92.4 Å². The Morgan fingerprint density at radius 2 is 1.04 bits per heavy atom. The predicted octanol–water partition coefficient (Wildman–Crippen LogP) is -2.80. The van der Waals surface area contributed by atoms with E-state index in [0.717, 1.165) is 34.9 Å². The lowest BCUT2D eigenvalue weighted by atomic mass is 10.4. The standard InChI is InChI=1S/C6H15IN.C6H16NO.C5H13NO.CH3I.3HI/c1-8(2,3)6-4-5-7;1-7(2,3)5-4-6-8;1-6(2)4-3-5-7;1-2;;;/h4-6H2,1-3H3;8H,4-6H2,1-3H3;7H,3-5H2,1-2H3;1H3;3*1H/q2*+1;;;;;/p-2. The van der Waals surface area contributed by atoms with E-state index in [1.54, 1.807) is 0 Å². The second kappa shape index (κ2) is 35.0. The van der Waals surface area contributed by atoms with Crippen molar-refractivity contribution in [1.82, 2.24) is 4.90 Å². The first kappa shape index (κ1) is 48.8. The maximum absolute atomic E-state index is 8.42. The van der Waals surface area contributed by atoms with Crippen molar-refractivity contribution < 1.29 is 67.1 Å². The summed E-state index contributed by atoms with van der Waals surface area (Å²) in [4.78, 5) is 4.02. The third kappa shape index (κ3) is 78.3. The molecule has 0 amide bonds. The van der Waals surface area contributed by atoms with Gasteiger partial charge in [0.1, 0.15) is 0 Å². The molecule has 0 aliphatic rings. The molecular formula is C18H48I5N3O2. The number of alkyl halides is 2. The van der Waals surface area contributed by atoms with E-state index in [4.69, 9.17) is 10.2 Å². The van der Waals surface area contributed by atoms with E-state index >= 15 is 0 Å². The number of halogens is 5. The van der Waals surface area contributed by atoms with Crippen molar-refractivity contribution in [3.8, 4) is 0 Å². The minimum atomic E-state index is 0. The van der Waals surface area contributed by atoms with Gasteiger partial charge >= 0.3 is 0 Å². The Morgan fingerprint density at radius 3 is 1.14 bits per heavy atom. The van der Waals surface area contributed by atoms with E-state index in [1.807, 2.05) is 19.0 Å². The third-order valence-corrected chi connectivity index (χ3v) is 3.48. The fraction of sp³-hybridized carbons (Fsp3) is 1.00. The Hall–Kier alpha value is 3.45. The van der Waals surface area contributed by atoms with Gasteiger partial charge in [0, 0.05) is 30.5 Å². The summed E-state index contributed by atoms with van der Waals surface area (Å²) >= 11 is 4.57. The highest BCUT2D eigenvalue weighted by Gasteiger charge is 2.04. The van der Waals surface area contributed by atoms with Crippen LogP contribution in [-0.4, -0.2) is 123 Å². The fourth-order valence-corrected chi connectivity index (χ4v) is 1.81. The highest BCUT2D eigenvalue weighted by Crippen LogP contribution is 1.95. The molecule has 0 aromatic rings. The summed E-state index contributed by atoms with van der Waals surface area (Å²) in [6.45, 7) is 3.95. The Bertz CT molecular complexity index is 222. The van der Waals surface area contributed by atoms with Crippen molar-refractivity contribution in [2.45, 2.75) is 19.3 Å².